The minimum atomic E-state index is -1.01. The van der Waals surface area contributed by atoms with Gasteiger partial charge in [-0.3, -0.25) is 9.48 Å². The maximum absolute atomic E-state index is 13.7. The van der Waals surface area contributed by atoms with E-state index in [1.54, 1.807) is 68.6 Å². The van der Waals surface area contributed by atoms with Crippen LogP contribution in [0.3, 0.4) is 0 Å². The molecule has 0 aliphatic heterocycles. The van der Waals surface area contributed by atoms with Gasteiger partial charge in [0.15, 0.2) is 0 Å². The number of benzene rings is 1. The summed E-state index contributed by atoms with van der Waals surface area (Å²) in [6, 6.07) is 6.28. The van der Waals surface area contributed by atoms with Gasteiger partial charge in [-0.2, -0.15) is 0 Å². The third-order valence-corrected chi connectivity index (χ3v) is 7.93. The normalized spacial score (nSPS) is 25.0. The molecule has 2 aromatic heterocycles. The number of ether oxygens (including phenoxy) is 1. The smallest absolute Gasteiger partial charge is 0.274 e. The molecule has 3 aromatic rings. The summed E-state index contributed by atoms with van der Waals surface area (Å²) >= 11 is 0. The number of hydrogen-bond donors (Lipinski definition) is 3. The Bertz CT molecular complexity index is 1340. The van der Waals surface area contributed by atoms with Gasteiger partial charge in [0.2, 0.25) is 5.88 Å². The molecule has 2 atom stereocenters. The number of aliphatic hydroxyl groups is 2. The number of carbonyl (C=O) groups excluding carboxylic acids is 1. The van der Waals surface area contributed by atoms with E-state index in [-0.39, 0.29) is 24.2 Å². The predicted octanol–water partition coefficient (Wildman–Crippen LogP) is 3.79. The number of amides is 1. The topological polar surface area (TPSA) is 114 Å². The Morgan fingerprint density at radius 2 is 1.92 bits per heavy atom. The quantitative estimate of drug-likeness (QED) is 0.432. The average molecular weight is 526 g/mol. The van der Waals surface area contributed by atoms with Crippen LogP contribution in [0.25, 0.3) is 0 Å². The third kappa shape index (κ3) is 5.07. The molecule has 2 heterocycles. The van der Waals surface area contributed by atoms with Gasteiger partial charge >= 0.3 is 0 Å². The molecule has 9 nitrogen and oxygen atoms in total. The molecule has 0 radical (unpaired) electrons. The lowest BCUT2D eigenvalue weighted by Gasteiger charge is -2.24. The SMILES string of the molecule is Cc1cc(NC(=O)c2c(C3CC4CC(O)(c5cc(OCC(C)(C)O)nn5C)CC4C3)ncn2C)ccc1F. The van der Waals surface area contributed by atoms with Crippen molar-refractivity contribution in [3.63, 3.8) is 0 Å². The zero-order valence-corrected chi connectivity index (χ0v) is 22.5. The molecule has 1 amide bonds. The van der Waals surface area contributed by atoms with Gasteiger partial charge in [-0.05, 0) is 82.1 Å². The molecule has 2 aliphatic carbocycles. The number of nitrogens with zero attached hydrogens (tertiary/aromatic N) is 4. The number of rotatable bonds is 7. The molecule has 2 aliphatic rings. The van der Waals surface area contributed by atoms with E-state index in [0.29, 0.717) is 53.2 Å². The second-order valence-electron chi connectivity index (χ2n) is 11.7. The van der Waals surface area contributed by atoms with Gasteiger partial charge in [-0.15, -0.1) is 5.10 Å². The predicted molar refractivity (Wildman–Crippen MR) is 139 cm³/mol. The van der Waals surface area contributed by atoms with Crippen molar-refractivity contribution in [3.8, 4) is 5.88 Å². The molecule has 2 unspecified atom stereocenters. The zero-order chi connectivity index (χ0) is 27.4. The van der Waals surface area contributed by atoms with Crippen molar-refractivity contribution >= 4 is 11.6 Å². The van der Waals surface area contributed by atoms with Crippen LogP contribution in [0, 0.1) is 24.6 Å². The number of imidazole rings is 1. The molecule has 0 spiro atoms. The molecule has 3 N–H and O–H groups in total. The molecule has 1 aromatic carbocycles. The summed E-state index contributed by atoms with van der Waals surface area (Å²) in [4.78, 5) is 17.8. The summed E-state index contributed by atoms with van der Waals surface area (Å²) in [5, 5.41) is 28.8. The standard InChI is InChI=1S/C28H36FN5O4/c1-16-8-20(6-7-21(16)29)31-26(35)25-24(30-15-33(25)4)17-9-18-12-28(37,13-19(18)10-17)22-11-23(32-34(22)5)38-14-27(2,3)36/h6-8,11,15,17-19,36-37H,9-10,12-14H2,1-5H3,(H,31,35). The Labute approximate surface area is 221 Å². The van der Waals surface area contributed by atoms with E-state index < -0.39 is 11.2 Å². The first-order valence-corrected chi connectivity index (χ1v) is 13.0. The first kappa shape index (κ1) is 26.4. The number of fused-ring (bicyclic) bond motifs is 1. The molecular formula is C28H36FN5O4. The van der Waals surface area contributed by atoms with E-state index in [2.05, 4.69) is 15.4 Å². The van der Waals surface area contributed by atoms with Crippen LogP contribution in [-0.4, -0.2) is 47.7 Å². The van der Waals surface area contributed by atoms with E-state index in [1.165, 1.54) is 6.07 Å². The van der Waals surface area contributed by atoms with E-state index in [0.717, 1.165) is 18.5 Å². The third-order valence-electron chi connectivity index (χ3n) is 7.93. The maximum atomic E-state index is 13.7. The lowest BCUT2D eigenvalue weighted by molar-refractivity contribution is 0.0261. The van der Waals surface area contributed by atoms with Gasteiger partial charge in [0, 0.05) is 31.8 Å². The summed E-state index contributed by atoms with van der Waals surface area (Å²) in [5.41, 5.74) is 1.000. The number of aromatic nitrogens is 4. The molecular weight excluding hydrogens is 489 g/mol. The Kier molecular flexibility index (Phi) is 6.59. The second-order valence-corrected chi connectivity index (χ2v) is 11.7. The van der Waals surface area contributed by atoms with Crippen molar-refractivity contribution in [3.05, 3.63) is 59.1 Å². The Morgan fingerprint density at radius 1 is 1.24 bits per heavy atom. The Hall–Kier alpha value is -3.24. The van der Waals surface area contributed by atoms with Crippen LogP contribution >= 0.6 is 0 Å². The zero-order valence-electron chi connectivity index (χ0n) is 22.5. The summed E-state index contributed by atoms with van der Waals surface area (Å²) in [6.45, 7) is 5.10. The summed E-state index contributed by atoms with van der Waals surface area (Å²) in [7, 11) is 3.60. The largest absolute Gasteiger partial charge is 0.474 e. The first-order chi connectivity index (χ1) is 17.8. The fourth-order valence-electron chi connectivity index (χ4n) is 6.23. The van der Waals surface area contributed by atoms with Crippen LogP contribution in [0.4, 0.5) is 10.1 Å². The van der Waals surface area contributed by atoms with Crippen molar-refractivity contribution in [1.82, 2.24) is 19.3 Å². The van der Waals surface area contributed by atoms with Crippen molar-refractivity contribution in [2.75, 3.05) is 11.9 Å². The molecule has 2 fully saturated rings. The highest BCUT2D eigenvalue weighted by Gasteiger charge is 2.51. The van der Waals surface area contributed by atoms with Gasteiger partial charge in [-0.1, -0.05) is 0 Å². The Balaban J connectivity index is 1.28. The summed E-state index contributed by atoms with van der Waals surface area (Å²) < 4.78 is 22.7. The van der Waals surface area contributed by atoms with Crippen LogP contribution < -0.4 is 10.1 Å². The fourth-order valence-corrected chi connectivity index (χ4v) is 6.23. The molecule has 10 heteroatoms. The molecule has 5 rings (SSSR count). The molecule has 38 heavy (non-hydrogen) atoms. The van der Waals surface area contributed by atoms with Crippen LogP contribution in [0.1, 0.15) is 72.9 Å². The molecule has 0 saturated heterocycles. The molecule has 2 saturated carbocycles. The van der Waals surface area contributed by atoms with E-state index in [4.69, 9.17) is 4.74 Å². The molecule has 204 valence electrons. The first-order valence-electron chi connectivity index (χ1n) is 13.0. The van der Waals surface area contributed by atoms with E-state index >= 15 is 0 Å². The number of halogens is 1. The second kappa shape index (κ2) is 9.50. The number of aryl methyl sites for hydroxylation is 3. The number of anilines is 1. The lowest BCUT2D eigenvalue weighted by Crippen LogP contribution is -2.28. The van der Waals surface area contributed by atoms with E-state index in [1.807, 2.05) is 0 Å². The van der Waals surface area contributed by atoms with Crippen LogP contribution in [0.5, 0.6) is 5.88 Å². The van der Waals surface area contributed by atoms with Gasteiger partial charge in [0.1, 0.15) is 23.7 Å². The van der Waals surface area contributed by atoms with E-state index in [9.17, 15) is 19.4 Å². The highest BCUT2D eigenvalue weighted by Crippen LogP contribution is 2.57. The molecule has 0 bridgehead atoms. The number of hydrogen-bond acceptors (Lipinski definition) is 6. The van der Waals surface area contributed by atoms with Crippen LogP contribution in [0.2, 0.25) is 0 Å². The van der Waals surface area contributed by atoms with Crippen molar-refractivity contribution in [1.29, 1.82) is 0 Å². The highest BCUT2D eigenvalue weighted by atomic mass is 19.1. The Morgan fingerprint density at radius 3 is 2.55 bits per heavy atom. The number of nitrogens with one attached hydrogen (secondary N) is 1. The summed E-state index contributed by atoms with van der Waals surface area (Å²) in [6.07, 6.45) is 4.53. The van der Waals surface area contributed by atoms with Gasteiger partial charge in [-0.25, -0.2) is 9.37 Å². The average Bonchev–Trinajstić information content (AvgIpc) is 3.56. The van der Waals surface area contributed by atoms with Crippen molar-refractivity contribution in [2.24, 2.45) is 25.9 Å². The van der Waals surface area contributed by atoms with Crippen LogP contribution in [0.15, 0.2) is 30.6 Å². The maximum Gasteiger partial charge on any atom is 0.274 e. The number of carbonyl (C=O) groups is 1. The van der Waals surface area contributed by atoms with Gasteiger partial charge < -0.3 is 24.8 Å². The lowest BCUT2D eigenvalue weighted by atomic mass is 9.90. The minimum Gasteiger partial charge on any atom is -0.474 e. The minimum absolute atomic E-state index is 0.107. The highest BCUT2D eigenvalue weighted by molar-refractivity contribution is 6.04. The van der Waals surface area contributed by atoms with Crippen LogP contribution in [-0.2, 0) is 19.7 Å². The van der Waals surface area contributed by atoms with Crippen molar-refractivity contribution < 1.29 is 24.1 Å². The summed E-state index contributed by atoms with van der Waals surface area (Å²) in [5.74, 6) is 0.493. The van der Waals surface area contributed by atoms with Gasteiger partial charge in [0.05, 0.1) is 23.3 Å². The van der Waals surface area contributed by atoms with Crippen molar-refractivity contribution in [2.45, 2.75) is 63.6 Å². The monoisotopic (exact) mass is 525 g/mol. The van der Waals surface area contributed by atoms with Gasteiger partial charge in [0.25, 0.3) is 5.91 Å². The fraction of sp³-hybridized carbons (Fsp3) is 0.536.